The third-order valence-electron chi connectivity index (χ3n) is 4.44. The lowest BCUT2D eigenvalue weighted by molar-refractivity contribution is -0.113. The van der Waals surface area contributed by atoms with Gasteiger partial charge in [0.25, 0.3) is 5.56 Å². The van der Waals surface area contributed by atoms with Crippen LogP contribution < -0.4 is 10.9 Å². The minimum Gasteiger partial charge on any atom is -0.323 e. The summed E-state index contributed by atoms with van der Waals surface area (Å²) in [5.41, 5.74) is 2.59. The second-order valence-corrected chi connectivity index (χ2v) is 8.61. The van der Waals surface area contributed by atoms with E-state index in [1.54, 1.807) is 16.7 Å². The van der Waals surface area contributed by atoms with Crippen LogP contribution in [0.3, 0.4) is 0 Å². The number of fused-ring (bicyclic) bond motifs is 1. The number of aryl methyl sites for hydroxylation is 2. The van der Waals surface area contributed by atoms with E-state index in [-0.39, 0.29) is 22.9 Å². The van der Waals surface area contributed by atoms with Crippen LogP contribution in [0.15, 0.2) is 63.4 Å². The molecule has 1 amide bonds. The van der Waals surface area contributed by atoms with E-state index in [1.807, 2.05) is 31.2 Å². The molecule has 0 saturated carbocycles. The number of carbonyl (C=O) groups excluding carboxylic acids is 1. The lowest BCUT2D eigenvalue weighted by Crippen LogP contribution is -2.24. The van der Waals surface area contributed by atoms with E-state index >= 15 is 0 Å². The summed E-state index contributed by atoms with van der Waals surface area (Å²) in [5, 5.41) is 3.02. The monoisotopic (exact) mass is 427 g/mol. The van der Waals surface area contributed by atoms with Crippen molar-refractivity contribution in [3.8, 4) is 5.69 Å². The number of carbonyl (C=O) groups is 1. The molecule has 0 aliphatic carbocycles. The van der Waals surface area contributed by atoms with Crippen molar-refractivity contribution in [3.63, 3.8) is 0 Å². The summed E-state index contributed by atoms with van der Waals surface area (Å²) >= 11 is 2.68. The Morgan fingerprint density at radius 3 is 2.76 bits per heavy atom. The highest BCUT2D eigenvalue weighted by Gasteiger charge is 2.23. The predicted octanol–water partition coefficient (Wildman–Crippen LogP) is 4.06. The van der Waals surface area contributed by atoms with Crippen molar-refractivity contribution in [2.24, 2.45) is 0 Å². The number of amides is 1. The highest BCUT2D eigenvalue weighted by molar-refractivity contribution is 8.00. The minimum absolute atomic E-state index is 0.0125. The first-order valence-corrected chi connectivity index (χ1v) is 11.0. The predicted molar refractivity (Wildman–Crippen MR) is 115 cm³/mol. The Kier molecular flexibility index (Phi) is 5.73. The van der Waals surface area contributed by atoms with E-state index in [0.717, 1.165) is 23.4 Å². The smallest absolute Gasteiger partial charge is 0.272 e. The number of anilines is 1. The number of hydrogen-bond acceptors (Lipinski definition) is 5. The summed E-state index contributed by atoms with van der Waals surface area (Å²) < 4.78 is 15.3. The highest BCUT2D eigenvalue weighted by atomic mass is 32.2. The number of halogens is 1. The molecule has 1 aliphatic heterocycles. The molecule has 2 aromatic carbocycles. The van der Waals surface area contributed by atoms with Crippen LogP contribution in [-0.4, -0.2) is 27.0 Å². The van der Waals surface area contributed by atoms with Crippen molar-refractivity contribution in [1.82, 2.24) is 9.55 Å². The van der Waals surface area contributed by atoms with Gasteiger partial charge in [-0.15, -0.1) is 11.8 Å². The van der Waals surface area contributed by atoms with Gasteiger partial charge in [-0.1, -0.05) is 41.6 Å². The number of nitrogens with one attached hydrogen (secondary N) is 1. The topological polar surface area (TPSA) is 64.0 Å². The van der Waals surface area contributed by atoms with E-state index in [4.69, 9.17) is 0 Å². The fourth-order valence-corrected chi connectivity index (χ4v) is 4.84. The maximum absolute atomic E-state index is 13.8. The molecule has 0 unspecified atom stereocenters. The highest BCUT2D eigenvalue weighted by Crippen LogP contribution is 2.30. The summed E-state index contributed by atoms with van der Waals surface area (Å²) in [6.07, 6.45) is 0.735. The van der Waals surface area contributed by atoms with Crippen LogP contribution in [0.1, 0.15) is 11.3 Å². The van der Waals surface area contributed by atoms with Crippen LogP contribution in [0.4, 0.5) is 10.1 Å². The molecule has 29 heavy (non-hydrogen) atoms. The number of rotatable bonds is 5. The Morgan fingerprint density at radius 2 is 2.00 bits per heavy atom. The van der Waals surface area contributed by atoms with E-state index in [9.17, 15) is 14.0 Å². The van der Waals surface area contributed by atoms with Crippen molar-refractivity contribution in [1.29, 1.82) is 0 Å². The van der Waals surface area contributed by atoms with E-state index in [0.29, 0.717) is 15.7 Å². The zero-order chi connectivity index (χ0) is 20.4. The standard InChI is InChI=1S/C21H18FN3O2S2/c1-13-6-8-14(9-7-13)25-20(27)19-17(10-11-28-19)24-21(25)29-12-18(26)23-16-5-3-2-4-15(16)22/h2-9H,10-12H2,1H3,(H,23,26). The van der Waals surface area contributed by atoms with Gasteiger partial charge in [-0.2, -0.15) is 0 Å². The summed E-state index contributed by atoms with van der Waals surface area (Å²) in [6, 6.07) is 13.6. The molecule has 1 N–H and O–H groups in total. The van der Waals surface area contributed by atoms with Crippen LogP contribution >= 0.6 is 23.5 Å². The maximum Gasteiger partial charge on any atom is 0.272 e. The molecule has 0 saturated heterocycles. The Bertz CT molecular complexity index is 1130. The van der Waals surface area contributed by atoms with Gasteiger partial charge in [-0.3, -0.25) is 14.2 Å². The van der Waals surface area contributed by atoms with Crippen LogP contribution in [0.5, 0.6) is 0 Å². The summed E-state index contributed by atoms with van der Waals surface area (Å²) in [5.74, 6) is -0.0128. The second kappa shape index (κ2) is 8.42. The molecule has 0 fully saturated rings. The molecule has 1 aromatic heterocycles. The second-order valence-electron chi connectivity index (χ2n) is 6.56. The fourth-order valence-electron chi connectivity index (χ4n) is 2.99. The van der Waals surface area contributed by atoms with Gasteiger partial charge in [0, 0.05) is 12.2 Å². The molecule has 8 heteroatoms. The molecule has 4 rings (SSSR count). The number of thioether (sulfide) groups is 2. The molecule has 0 bridgehead atoms. The number of hydrogen-bond donors (Lipinski definition) is 1. The number of para-hydroxylation sites is 1. The van der Waals surface area contributed by atoms with Crippen LogP contribution in [0.2, 0.25) is 0 Å². The lowest BCUT2D eigenvalue weighted by Gasteiger charge is -2.14. The van der Waals surface area contributed by atoms with Gasteiger partial charge < -0.3 is 5.32 Å². The minimum atomic E-state index is -0.491. The zero-order valence-corrected chi connectivity index (χ0v) is 17.3. The molecular weight excluding hydrogens is 409 g/mol. The molecule has 0 spiro atoms. The SMILES string of the molecule is Cc1ccc(-n2c(SCC(=O)Nc3ccccc3F)nc3c(c2=O)SCC3)cc1. The summed E-state index contributed by atoms with van der Waals surface area (Å²) in [4.78, 5) is 30.7. The largest absolute Gasteiger partial charge is 0.323 e. The first-order chi connectivity index (χ1) is 14.0. The fraction of sp³-hybridized carbons (Fsp3) is 0.190. The molecule has 0 radical (unpaired) electrons. The van der Waals surface area contributed by atoms with Gasteiger partial charge in [0.05, 0.1) is 27.7 Å². The van der Waals surface area contributed by atoms with E-state index < -0.39 is 5.82 Å². The molecule has 0 atom stereocenters. The van der Waals surface area contributed by atoms with Gasteiger partial charge in [-0.25, -0.2) is 9.37 Å². The van der Waals surface area contributed by atoms with Crippen LogP contribution in [0, 0.1) is 12.7 Å². The van der Waals surface area contributed by atoms with Crippen molar-refractivity contribution in [2.45, 2.75) is 23.4 Å². The average Bonchev–Trinajstić information content (AvgIpc) is 3.18. The molecule has 3 aromatic rings. The Hall–Kier alpha value is -2.58. The number of benzene rings is 2. The summed E-state index contributed by atoms with van der Waals surface area (Å²) in [6.45, 7) is 1.98. The lowest BCUT2D eigenvalue weighted by atomic mass is 10.2. The molecule has 2 heterocycles. The normalized spacial score (nSPS) is 12.6. The van der Waals surface area contributed by atoms with Crippen molar-refractivity contribution in [3.05, 3.63) is 76.0 Å². The Labute approximate surface area is 175 Å². The van der Waals surface area contributed by atoms with Crippen molar-refractivity contribution >= 4 is 35.1 Å². The third-order valence-corrected chi connectivity index (χ3v) is 6.48. The van der Waals surface area contributed by atoms with Crippen LogP contribution in [0.25, 0.3) is 5.69 Å². The Morgan fingerprint density at radius 1 is 1.24 bits per heavy atom. The molecular formula is C21H18FN3O2S2. The first kappa shape index (κ1) is 19.7. The number of aromatic nitrogens is 2. The van der Waals surface area contributed by atoms with Gasteiger partial charge in [0.2, 0.25) is 5.91 Å². The maximum atomic E-state index is 13.8. The van der Waals surface area contributed by atoms with Gasteiger partial charge in [0.15, 0.2) is 5.16 Å². The quantitative estimate of drug-likeness (QED) is 0.491. The molecule has 148 valence electrons. The number of nitrogens with zero attached hydrogens (tertiary/aromatic N) is 2. The van der Waals surface area contributed by atoms with Crippen molar-refractivity contribution < 1.29 is 9.18 Å². The van der Waals surface area contributed by atoms with E-state index in [2.05, 4.69) is 10.3 Å². The average molecular weight is 428 g/mol. The van der Waals surface area contributed by atoms with E-state index in [1.165, 1.54) is 35.7 Å². The van der Waals surface area contributed by atoms with Gasteiger partial charge >= 0.3 is 0 Å². The summed E-state index contributed by atoms with van der Waals surface area (Å²) in [7, 11) is 0. The van der Waals surface area contributed by atoms with Gasteiger partial charge in [-0.05, 0) is 31.2 Å². The van der Waals surface area contributed by atoms with Gasteiger partial charge in [0.1, 0.15) is 5.82 Å². The molecule has 1 aliphatic rings. The Balaban J connectivity index is 1.62. The van der Waals surface area contributed by atoms with Crippen LogP contribution in [-0.2, 0) is 11.2 Å². The third kappa shape index (κ3) is 4.23. The zero-order valence-electron chi connectivity index (χ0n) is 15.6. The first-order valence-electron chi connectivity index (χ1n) is 9.06. The molecule has 5 nitrogen and oxygen atoms in total. The van der Waals surface area contributed by atoms with Crippen molar-refractivity contribution in [2.75, 3.05) is 16.8 Å².